The largest absolute Gasteiger partial charge is 0.485 e. The van der Waals surface area contributed by atoms with Crippen molar-refractivity contribution in [3.8, 4) is 5.75 Å². The fraction of sp³-hybridized carbons (Fsp3) is 0.750. The number of nitrogens with zero attached hydrogens (tertiary/aromatic N) is 3. The molecular formula is C16H25N3O3S. The normalized spacial score (nSPS) is 28.6. The third-order valence-electron chi connectivity index (χ3n) is 4.80. The van der Waals surface area contributed by atoms with Crippen molar-refractivity contribution in [2.24, 2.45) is 0 Å². The number of fused-ring (bicyclic) bond motifs is 3. The lowest BCUT2D eigenvalue weighted by atomic mass is 9.95. The summed E-state index contributed by atoms with van der Waals surface area (Å²) in [5.74, 6) is 2.14. The predicted octanol–water partition coefficient (Wildman–Crippen LogP) is 1.77. The minimum Gasteiger partial charge on any atom is -0.485 e. The Morgan fingerprint density at radius 2 is 2.04 bits per heavy atom. The lowest BCUT2D eigenvalue weighted by molar-refractivity contribution is 0.00697. The zero-order valence-electron chi connectivity index (χ0n) is 14.7. The zero-order chi connectivity index (χ0) is 17.0. The number of hydrogen-bond donors (Lipinski definition) is 0. The first-order chi connectivity index (χ1) is 10.7. The van der Waals surface area contributed by atoms with Gasteiger partial charge < -0.3 is 14.4 Å². The van der Waals surface area contributed by atoms with E-state index in [9.17, 15) is 4.21 Å². The summed E-state index contributed by atoms with van der Waals surface area (Å²) >= 11 is 0. The highest BCUT2D eigenvalue weighted by molar-refractivity contribution is 7.85. The molecule has 0 aromatic carbocycles. The molecule has 1 unspecified atom stereocenters. The second-order valence-electron chi connectivity index (χ2n) is 7.26. The third kappa shape index (κ3) is 2.54. The molecule has 0 spiro atoms. The Morgan fingerprint density at radius 1 is 1.35 bits per heavy atom. The summed E-state index contributed by atoms with van der Waals surface area (Å²) < 4.78 is 23.4. The Balaban J connectivity index is 2.20. The van der Waals surface area contributed by atoms with Crippen LogP contribution in [0.15, 0.2) is 0 Å². The van der Waals surface area contributed by atoms with Crippen LogP contribution in [0.3, 0.4) is 0 Å². The summed E-state index contributed by atoms with van der Waals surface area (Å²) in [5, 5.41) is 0. The third-order valence-corrected chi connectivity index (χ3v) is 6.43. The van der Waals surface area contributed by atoms with E-state index in [-0.39, 0.29) is 11.6 Å². The van der Waals surface area contributed by atoms with Gasteiger partial charge in [-0.25, -0.2) is 9.97 Å². The van der Waals surface area contributed by atoms with E-state index in [2.05, 4.69) is 28.7 Å². The smallest absolute Gasteiger partial charge is 0.185 e. The first-order valence-electron chi connectivity index (χ1n) is 7.89. The molecule has 1 aromatic rings. The highest BCUT2D eigenvalue weighted by atomic mass is 32.2. The van der Waals surface area contributed by atoms with Crippen LogP contribution >= 0.6 is 0 Å². The number of aromatic nitrogens is 2. The van der Waals surface area contributed by atoms with Crippen LogP contribution in [-0.4, -0.2) is 51.8 Å². The standard InChI is InChI=1S/C16H25N3O3S/c1-10-7-21-8-16(5)9-22-12-13(15(3,4)23(6)20)17-11(2)18-14(12)19(10)16/h10H,7-9H2,1-6H3/t10-,16+,23?/m1/s1. The van der Waals surface area contributed by atoms with Crippen molar-refractivity contribution < 1.29 is 13.7 Å². The SMILES string of the molecule is Cc1nc2c(c(C(C)(C)S(C)=O)n1)OC[C@]1(C)COC[C@@H](C)N21. The Labute approximate surface area is 140 Å². The average Bonchev–Trinajstić information content (AvgIpc) is 2.45. The second kappa shape index (κ2) is 5.41. The van der Waals surface area contributed by atoms with Gasteiger partial charge in [-0.2, -0.15) is 0 Å². The van der Waals surface area contributed by atoms with Crippen molar-refractivity contribution in [3.05, 3.63) is 11.5 Å². The number of anilines is 1. The lowest BCUT2D eigenvalue weighted by Crippen LogP contribution is -2.64. The van der Waals surface area contributed by atoms with E-state index in [1.54, 1.807) is 6.26 Å². The molecule has 23 heavy (non-hydrogen) atoms. The molecule has 3 rings (SSSR count). The van der Waals surface area contributed by atoms with Gasteiger partial charge in [-0.3, -0.25) is 4.21 Å². The molecule has 2 aliphatic heterocycles. The van der Waals surface area contributed by atoms with Crippen molar-refractivity contribution in [1.82, 2.24) is 9.97 Å². The van der Waals surface area contributed by atoms with Gasteiger partial charge in [-0.1, -0.05) is 0 Å². The average molecular weight is 339 g/mol. The maximum absolute atomic E-state index is 12.2. The van der Waals surface area contributed by atoms with Crippen LogP contribution in [0.1, 0.15) is 39.2 Å². The Hall–Kier alpha value is -1.21. The molecule has 3 heterocycles. The molecule has 0 bridgehead atoms. The van der Waals surface area contributed by atoms with Gasteiger partial charge in [0.1, 0.15) is 18.1 Å². The molecule has 0 radical (unpaired) electrons. The van der Waals surface area contributed by atoms with Gasteiger partial charge in [0.05, 0.1) is 29.5 Å². The molecule has 0 aliphatic carbocycles. The minimum atomic E-state index is -1.08. The number of aryl methyl sites for hydroxylation is 1. The zero-order valence-corrected chi connectivity index (χ0v) is 15.5. The lowest BCUT2D eigenvalue weighted by Gasteiger charge is -2.51. The van der Waals surface area contributed by atoms with E-state index >= 15 is 0 Å². The molecular weight excluding hydrogens is 314 g/mol. The number of rotatable bonds is 2. The highest BCUT2D eigenvalue weighted by Crippen LogP contribution is 2.45. The highest BCUT2D eigenvalue weighted by Gasteiger charge is 2.47. The summed E-state index contributed by atoms with van der Waals surface area (Å²) in [5.41, 5.74) is 0.486. The predicted molar refractivity (Wildman–Crippen MR) is 90.5 cm³/mol. The molecule has 0 N–H and O–H groups in total. The molecule has 0 saturated carbocycles. The monoisotopic (exact) mass is 339 g/mol. The van der Waals surface area contributed by atoms with Crippen molar-refractivity contribution in [3.63, 3.8) is 0 Å². The van der Waals surface area contributed by atoms with E-state index in [0.717, 1.165) is 11.5 Å². The van der Waals surface area contributed by atoms with Crippen LogP contribution in [-0.2, 0) is 20.3 Å². The molecule has 7 heteroatoms. The fourth-order valence-corrected chi connectivity index (χ4v) is 3.73. The maximum Gasteiger partial charge on any atom is 0.185 e. The van der Waals surface area contributed by atoms with Gasteiger partial charge >= 0.3 is 0 Å². The van der Waals surface area contributed by atoms with Crippen LogP contribution in [0.2, 0.25) is 0 Å². The molecule has 3 atom stereocenters. The van der Waals surface area contributed by atoms with Crippen molar-refractivity contribution in [1.29, 1.82) is 0 Å². The summed E-state index contributed by atoms with van der Waals surface area (Å²) in [7, 11) is -1.08. The summed E-state index contributed by atoms with van der Waals surface area (Å²) in [6.07, 6.45) is 1.70. The molecule has 2 aliphatic rings. The van der Waals surface area contributed by atoms with Crippen molar-refractivity contribution in [2.75, 3.05) is 31.0 Å². The van der Waals surface area contributed by atoms with Gasteiger partial charge in [-0.15, -0.1) is 0 Å². The van der Waals surface area contributed by atoms with Crippen LogP contribution < -0.4 is 9.64 Å². The minimum absolute atomic E-state index is 0.203. The van der Waals surface area contributed by atoms with Crippen LogP contribution in [0, 0.1) is 6.92 Å². The van der Waals surface area contributed by atoms with Gasteiger partial charge in [0.15, 0.2) is 11.6 Å². The first kappa shape index (κ1) is 16.6. The second-order valence-corrected chi connectivity index (χ2v) is 9.19. The Kier molecular flexibility index (Phi) is 3.92. The summed E-state index contributed by atoms with van der Waals surface area (Å²) in [4.78, 5) is 11.5. The van der Waals surface area contributed by atoms with Crippen LogP contribution in [0.4, 0.5) is 5.82 Å². The maximum atomic E-state index is 12.2. The molecule has 128 valence electrons. The molecule has 0 amide bonds. The number of ether oxygens (including phenoxy) is 2. The summed E-state index contributed by atoms with van der Waals surface area (Å²) in [6, 6.07) is 0.203. The topological polar surface area (TPSA) is 64.5 Å². The molecule has 1 saturated heterocycles. The molecule has 1 aromatic heterocycles. The quantitative estimate of drug-likeness (QED) is 0.818. The van der Waals surface area contributed by atoms with Gasteiger partial charge in [-0.05, 0) is 34.6 Å². The molecule has 1 fully saturated rings. The Bertz CT molecular complexity index is 664. The Morgan fingerprint density at radius 3 is 2.70 bits per heavy atom. The van der Waals surface area contributed by atoms with E-state index in [0.29, 0.717) is 31.4 Å². The first-order valence-corrected chi connectivity index (χ1v) is 9.45. The number of hydrogen-bond acceptors (Lipinski definition) is 6. The van der Waals surface area contributed by atoms with Gasteiger partial charge in [0, 0.05) is 17.1 Å². The van der Waals surface area contributed by atoms with Crippen LogP contribution in [0.5, 0.6) is 5.75 Å². The summed E-state index contributed by atoms with van der Waals surface area (Å²) in [6.45, 7) is 11.8. The van der Waals surface area contributed by atoms with E-state index in [4.69, 9.17) is 9.47 Å². The van der Waals surface area contributed by atoms with Gasteiger partial charge in [0.2, 0.25) is 0 Å². The van der Waals surface area contributed by atoms with Crippen LogP contribution in [0.25, 0.3) is 0 Å². The molecule has 6 nitrogen and oxygen atoms in total. The van der Waals surface area contributed by atoms with E-state index in [1.165, 1.54) is 0 Å². The fourth-order valence-electron chi connectivity index (χ4n) is 3.32. The van der Waals surface area contributed by atoms with E-state index < -0.39 is 15.5 Å². The van der Waals surface area contributed by atoms with Crippen molar-refractivity contribution >= 4 is 16.6 Å². The van der Waals surface area contributed by atoms with Gasteiger partial charge in [0.25, 0.3) is 0 Å². The van der Waals surface area contributed by atoms with Crippen molar-refractivity contribution in [2.45, 2.75) is 50.9 Å². The number of morpholine rings is 1. The van der Waals surface area contributed by atoms with E-state index in [1.807, 2.05) is 20.8 Å².